The molecule has 2 heterocycles. The van der Waals surface area contributed by atoms with Crippen LogP contribution < -0.4 is 5.32 Å². The summed E-state index contributed by atoms with van der Waals surface area (Å²) in [6.45, 7) is 4.48. The van der Waals surface area contributed by atoms with E-state index in [0.717, 1.165) is 18.8 Å². The first kappa shape index (κ1) is 16.0. The highest BCUT2D eigenvalue weighted by atomic mass is 35.5. The standard InChI is InChI=1S/C17H20N2O.ClH/c1-12-8-13(6-7-19-12)15-4-3-5-16-14(9-18-2)10-20-11-17(15)16;/h3-8,14,18H,9-11H2,1-2H3;1H. The van der Waals surface area contributed by atoms with E-state index in [2.05, 4.69) is 40.6 Å². The minimum Gasteiger partial charge on any atom is -0.376 e. The molecule has 1 unspecified atom stereocenters. The van der Waals surface area contributed by atoms with Gasteiger partial charge in [0.1, 0.15) is 0 Å². The molecule has 0 amide bonds. The van der Waals surface area contributed by atoms with Crippen LogP contribution in [0.1, 0.15) is 22.7 Å². The number of fused-ring (bicyclic) bond motifs is 1. The molecule has 112 valence electrons. The number of benzene rings is 1. The summed E-state index contributed by atoms with van der Waals surface area (Å²) < 4.78 is 5.80. The Kier molecular flexibility index (Phi) is 5.34. The average Bonchev–Trinajstić information content (AvgIpc) is 2.47. The Bertz CT molecular complexity index is 615. The van der Waals surface area contributed by atoms with Gasteiger partial charge < -0.3 is 10.1 Å². The average molecular weight is 305 g/mol. The van der Waals surface area contributed by atoms with E-state index in [0.29, 0.717) is 12.5 Å². The number of hydrogen-bond acceptors (Lipinski definition) is 3. The summed E-state index contributed by atoms with van der Waals surface area (Å²) in [6, 6.07) is 10.8. The van der Waals surface area contributed by atoms with Crippen LogP contribution in [-0.2, 0) is 11.3 Å². The number of hydrogen-bond donors (Lipinski definition) is 1. The fourth-order valence-corrected chi connectivity index (χ4v) is 2.94. The van der Waals surface area contributed by atoms with Gasteiger partial charge in [-0.2, -0.15) is 0 Å². The highest BCUT2D eigenvalue weighted by Crippen LogP contribution is 2.34. The molecule has 4 heteroatoms. The van der Waals surface area contributed by atoms with Gasteiger partial charge in [0.15, 0.2) is 0 Å². The summed E-state index contributed by atoms with van der Waals surface area (Å²) in [7, 11) is 1.99. The van der Waals surface area contributed by atoms with Crippen molar-refractivity contribution in [3.05, 3.63) is 53.3 Å². The van der Waals surface area contributed by atoms with Crippen molar-refractivity contribution in [2.75, 3.05) is 20.2 Å². The zero-order valence-electron chi connectivity index (χ0n) is 12.4. The molecule has 0 aliphatic carbocycles. The molecule has 0 radical (unpaired) electrons. The second-order valence-electron chi connectivity index (χ2n) is 5.33. The third-order valence-corrected chi connectivity index (χ3v) is 3.88. The minimum atomic E-state index is 0. The number of rotatable bonds is 3. The fraction of sp³-hybridized carbons (Fsp3) is 0.353. The summed E-state index contributed by atoms with van der Waals surface area (Å²) in [5.74, 6) is 0.437. The first-order valence-corrected chi connectivity index (χ1v) is 7.06. The number of likely N-dealkylation sites (N-methyl/N-ethyl adjacent to an activating group) is 1. The van der Waals surface area contributed by atoms with E-state index in [9.17, 15) is 0 Å². The molecule has 0 saturated heterocycles. The van der Waals surface area contributed by atoms with Crippen LogP contribution in [0, 0.1) is 6.92 Å². The Morgan fingerprint density at radius 1 is 1.33 bits per heavy atom. The number of halogens is 1. The largest absolute Gasteiger partial charge is 0.376 e. The molecular formula is C17H21ClN2O. The highest BCUT2D eigenvalue weighted by molar-refractivity contribution is 5.85. The second-order valence-corrected chi connectivity index (χ2v) is 5.33. The van der Waals surface area contributed by atoms with Gasteiger partial charge in [0.25, 0.3) is 0 Å². The van der Waals surface area contributed by atoms with Crippen LogP contribution in [0.25, 0.3) is 11.1 Å². The van der Waals surface area contributed by atoms with E-state index < -0.39 is 0 Å². The molecular weight excluding hydrogens is 284 g/mol. The Balaban J connectivity index is 0.00000161. The van der Waals surface area contributed by atoms with Crippen molar-refractivity contribution < 1.29 is 4.74 Å². The van der Waals surface area contributed by atoms with Gasteiger partial charge >= 0.3 is 0 Å². The number of aryl methyl sites for hydroxylation is 1. The van der Waals surface area contributed by atoms with Crippen LogP contribution in [0.15, 0.2) is 36.5 Å². The lowest BCUT2D eigenvalue weighted by molar-refractivity contribution is 0.0915. The fourth-order valence-electron chi connectivity index (χ4n) is 2.94. The maximum absolute atomic E-state index is 5.80. The Morgan fingerprint density at radius 3 is 2.95 bits per heavy atom. The van der Waals surface area contributed by atoms with Crippen molar-refractivity contribution in [3.63, 3.8) is 0 Å². The molecule has 21 heavy (non-hydrogen) atoms. The Hall–Kier alpha value is -1.42. The van der Waals surface area contributed by atoms with Gasteiger partial charge in [-0.3, -0.25) is 4.98 Å². The van der Waals surface area contributed by atoms with Gasteiger partial charge in [-0.25, -0.2) is 0 Å². The van der Waals surface area contributed by atoms with Gasteiger partial charge in [-0.05, 0) is 48.4 Å². The molecule has 0 spiro atoms. The smallest absolute Gasteiger partial charge is 0.0725 e. The van der Waals surface area contributed by atoms with Crippen molar-refractivity contribution in [3.8, 4) is 11.1 Å². The summed E-state index contributed by atoms with van der Waals surface area (Å²) in [4.78, 5) is 4.28. The molecule has 1 aliphatic rings. The summed E-state index contributed by atoms with van der Waals surface area (Å²) >= 11 is 0. The van der Waals surface area contributed by atoms with Gasteiger partial charge in [-0.15, -0.1) is 12.4 Å². The van der Waals surface area contributed by atoms with Crippen LogP contribution in [0.4, 0.5) is 0 Å². The summed E-state index contributed by atoms with van der Waals surface area (Å²) in [6.07, 6.45) is 1.87. The van der Waals surface area contributed by atoms with E-state index in [-0.39, 0.29) is 12.4 Å². The quantitative estimate of drug-likeness (QED) is 0.944. The number of nitrogens with one attached hydrogen (secondary N) is 1. The van der Waals surface area contributed by atoms with Crippen LogP contribution in [0.5, 0.6) is 0 Å². The molecule has 0 saturated carbocycles. The maximum Gasteiger partial charge on any atom is 0.0725 e. The van der Waals surface area contributed by atoms with Gasteiger partial charge in [-0.1, -0.05) is 18.2 Å². The molecule has 1 atom stereocenters. The van der Waals surface area contributed by atoms with Crippen molar-refractivity contribution >= 4 is 12.4 Å². The zero-order chi connectivity index (χ0) is 13.9. The number of nitrogens with zero attached hydrogens (tertiary/aromatic N) is 1. The Morgan fingerprint density at radius 2 is 2.19 bits per heavy atom. The molecule has 1 aromatic heterocycles. The molecule has 0 fully saturated rings. The lowest BCUT2D eigenvalue weighted by Gasteiger charge is -2.27. The lowest BCUT2D eigenvalue weighted by Crippen LogP contribution is -2.26. The van der Waals surface area contributed by atoms with Crippen molar-refractivity contribution in [1.82, 2.24) is 10.3 Å². The van der Waals surface area contributed by atoms with E-state index in [4.69, 9.17) is 4.74 Å². The monoisotopic (exact) mass is 304 g/mol. The highest BCUT2D eigenvalue weighted by Gasteiger charge is 2.22. The van der Waals surface area contributed by atoms with Crippen molar-refractivity contribution in [2.24, 2.45) is 0 Å². The summed E-state index contributed by atoms with van der Waals surface area (Å²) in [5.41, 5.74) is 6.28. The normalized spacial score (nSPS) is 17.0. The van der Waals surface area contributed by atoms with Crippen LogP contribution >= 0.6 is 12.4 Å². The van der Waals surface area contributed by atoms with Crippen molar-refractivity contribution in [2.45, 2.75) is 19.4 Å². The van der Waals surface area contributed by atoms with E-state index in [1.807, 2.05) is 20.2 Å². The third kappa shape index (κ3) is 3.26. The van der Waals surface area contributed by atoms with Crippen LogP contribution in [-0.4, -0.2) is 25.2 Å². The van der Waals surface area contributed by atoms with Gasteiger partial charge in [0, 0.05) is 24.4 Å². The SMILES string of the molecule is CNCC1COCc2c(-c3ccnc(C)c3)cccc21.Cl. The molecule has 3 nitrogen and oxygen atoms in total. The zero-order valence-corrected chi connectivity index (χ0v) is 13.2. The number of aromatic nitrogens is 1. The first-order chi connectivity index (χ1) is 9.79. The predicted octanol–water partition coefficient (Wildman–Crippen LogP) is 3.31. The summed E-state index contributed by atoms with van der Waals surface area (Å²) in [5, 5.41) is 3.26. The van der Waals surface area contributed by atoms with Crippen LogP contribution in [0.2, 0.25) is 0 Å². The molecule has 0 bridgehead atoms. The molecule has 1 aliphatic heterocycles. The van der Waals surface area contributed by atoms with Crippen LogP contribution in [0.3, 0.4) is 0 Å². The minimum absolute atomic E-state index is 0. The topological polar surface area (TPSA) is 34.1 Å². The van der Waals surface area contributed by atoms with Gasteiger partial charge in [0.2, 0.25) is 0 Å². The van der Waals surface area contributed by atoms with E-state index in [1.165, 1.54) is 22.3 Å². The van der Waals surface area contributed by atoms with E-state index in [1.54, 1.807) is 0 Å². The molecule has 1 N–H and O–H groups in total. The number of pyridine rings is 1. The van der Waals surface area contributed by atoms with Crippen molar-refractivity contribution in [1.29, 1.82) is 0 Å². The first-order valence-electron chi connectivity index (χ1n) is 7.06. The predicted molar refractivity (Wildman–Crippen MR) is 88.0 cm³/mol. The number of ether oxygens (including phenoxy) is 1. The molecule has 3 rings (SSSR count). The van der Waals surface area contributed by atoms with Gasteiger partial charge in [0.05, 0.1) is 13.2 Å². The van der Waals surface area contributed by atoms with E-state index >= 15 is 0 Å². The molecule has 2 aromatic rings. The maximum atomic E-state index is 5.80. The lowest BCUT2D eigenvalue weighted by atomic mass is 9.87. The third-order valence-electron chi connectivity index (χ3n) is 3.88. The second kappa shape index (κ2) is 7.03. The Labute approximate surface area is 132 Å². The molecule has 1 aromatic carbocycles.